The number of fused-ring (bicyclic) bond motifs is 1. The van der Waals surface area contributed by atoms with Crippen LogP contribution in [-0.4, -0.2) is 0 Å². The van der Waals surface area contributed by atoms with Gasteiger partial charge in [-0.25, -0.2) is 0 Å². The first-order valence-corrected chi connectivity index (χ1v) is 10.6. The van der Waals surface area contributed by atoms with Crippen LogP contribution in [0.2, 0.25) is 0 Å². The highest BCUT2D eigenvalue weighted by atomic mass is 32.1. The van der Waals surface area contributed by atoms with Crippen LogP contribution in [0.1, 0.15) is 32.7 Å². The molecular weight excluding hydrogens is 386 g/mol. The van der Waals surface area contributed by atoms with E-state index in [1.54, 1.807) is 0 Å². The Hall–Kier alpha value is -3.60. The van der Waals surface area contributed by atoms with Crippen molar-refractivity contribution in [1.29, 1.82) is 10.5 Å². The fourth-order valence-electron chi connectivity index (χ4n) is 3.90. The molecule has 3 nitrogen and oxygen atoms in total. The van der Waals surface area contributed by atoms with E-state index in [4.69, 9.17) is 0 Å². The Balaban J connectivity index is 1.99. The van der Waals surface area contributed by atoms with Crippen molar-refractivity contribution >= 4 is 38.5 Å². The van der Waals surface area contributed by atoms with Gasteiger partial charge in [0, 0.05) is 21.0 Å². The summed E-state index contributed by atoms with van der Waals surface area (Å²) in [6.07, 6.45) is 0. The standard InChI is InChI=1S/C26H21N3S/c1-16-13-24(18(3)26-25(16)17(2)19(4)30-26)29(22-9-5-20(14-27)6-10-22)23-11-7-21(15-28)8-12-23/h5-13H,1-4H3. The molecule has 30 heavy (non-hydrogen) atoms. The Morgan fingerprint density at radius 1 is 0.733 bits per heavy atom. The first-order valence-electron chi connectivity index (χ1n) is 9.75. The molecule has 3 aromatic carbocycles. The average Bonchev–Trinajstić information content (AvgIpc) is 3.08. The second kappa shape index (κ2) is 7.67. The van der Waals surface area contributed by atoms with Gasteiger partial charge in [-0.3, -0.25) is 0 Å². The van der Waals surface area contributed by atoms with Gasteiger partial charge in [0.05, 0.1) is 29.0 Å². The van der Waals surface area contributed by atoms with Crippen LogP contribution >= 0.6 is 11.3 Å². The van der Waals surface area contributed by atoms with Crippen molar-refractivity contribution in [2.24, 2.45) is 0 Å². The SMILES string of the molecule is Cc1sc2c(C)c(N(c3ccc(C#N)cc3)c3ccc(C#N)cc3)cc(C)c2c1C. The minimum atomic E-state index is 0.631. The summed E-state index contributed by atoms with van der Waals surface area (Å²) < 4.78 is 1.31. The van der Waals surface area contributed by atoms with E-state index in [-0.39, 0.29) is 0 Å². The fraction of sp³-hybridized carbons (Fsp3) is 0.154. The molecule has 0 radical (unpaired) electrons. The second-order valence-electron chi connectivity index (χ2n) is 7.48. The largest absolute Gasteiger partial charge is 0.310 e. The van der Waals surface area contributed by atoms with E-state index in [9.17, 15) is 10.5 Å². The van der Waals surface area contributed by atoms with E-state index in [0.717, 1.165) is 17.1 Å². The zero-order valence-electron chi connectivity index (χ0n) is 17.4. The number of hydrogen-bond acceptors (Lipinski definition) is 4. The van der Waals surface area contributed by atoms with Crippen LogP contribution in [0.15, 0.2) is 54.6 Å². The number of anilines is 3. The molecule has 4 aromatic rings. The van der Waals surface area contributed by atoms with Crippen molar-refractivity contribution in [2.45, 2.75) is 27.7 Å². The highest BCUT2D eigenvalue weighted by Gasteiger charge is 2.20. The van der Waals surface area contributed by atoms with Crippen LogP contribution in [-0.2, 0) is 0 Å². The van der Waals surface area contributed by atoms with Crippen molar-refractivity contribution < 1.29 is 0 Å². The summed E-state index contributed by atoms with van der Waals surface area (Å²) in [5.41, 5.74) is 8.15. The first-order chi connectivity index (χ1) is 14.4. The van der Waals surface area contributed by atoms with Crippen LogP contribution in [0.3, 0.4) is 0 Å². The smallest absolute Gasteiger partial charge is 0.0991 e. The molecule has 0 unspecified atom stereocenters. The number of benzene rings is 3. The van der Waals surface area contributed by atoms with Crippen LogP contribution in [0, 0.1) is 50.4 Å². The summed E-state index contributed by atoms with van der Waals surface area (Å²) >= 11 is 1.84. The first kappa shape index (κ1) is 19.7. The third-order valence-electron chi connectivity index (χ3n) is 5.61. The summed E-state index contributed by atoms with van der Waals surface area (Å²) in [6, 6.07) is 21.9. The van der Waals surface area contributed by atoms with E-state index in [0.29, 0.717) is 11.1 Å². The predicted molar refractivity (Wildman–Crippen MR) is 125 cm³/mol. The van der Waals surface area contributed by atoms with Gasteiger partial charge < -0.3 is 4.90 Å². The quantitative estimate of drug-likeness (QED) is 0.357. The molecule has 0 amide bonds. The van der Waals surface area contributed by atoms with Crippen LogP contribution in [0.25, 0.3) is 10.1 Å². The molecule has 4 rings (SSSR count). The molecule has 0 aliphatic carbocycles. The molecule has 0 bridgehead atoms. The Bertz CT molecular complexity index is 1270. The third-order valence-corrected chi connectivity index (χ3v) is 6.93. The third kappa shape index (κ3) is 3.22. The van der Waals surface area contributed by atoms with E-state index in [1.165, 1.54) is 31.7 Å². The van der Waals surface area contributed by atoms with Gasteiger partial charge in [0.2, 0.25) is 0 Å². The van der Waals surface area contributed by atoms with Gasteiger partial charge in [0.25, 0.3) is 0 Å². The lowest BCUT2D eigenvalue weighted by molar-refractivity contribution is 1.25. The van der Waals surface area contributed by atoms with Crippen molar-refractivity contribution in [3.05, 3.63) is 87.3 Å². The number of nitriles is 2. The number of aryl methyl sites for hydroxylation is 4. The summed E-state index contributed by atoms with van der Waals surface area (Å²) in [7, 11) is 0. The minimum absolute atomic E-state index is 0.631. The van der Waals surface area contributed by atoms with Crippen LogP contribution in [0.4, 0.5) is 17.1 Å². The molecule has 0 fully saturated rings. The van der Waals surface area contributed by atoms with E-state index in [2.05, 4.69) is 50.8 Å². The topological polar surface area (TPSA) is 50.8 Å². The summed E-state index contributed by atoms with van der Waals surface area (Å²) in [6.45, 7) is 8.71. The van der Waals surface area contributed by atoms with Gasteiger partial charge in [-0.2, -0.15) is 10.5 Å². The monoisotopic (exact) mass is 407 g/mol. The molecule has 1 aromatic heterocycles. The Morgan fingerprint density at radius 3 is 1.70 bits per heavy atom. The van der Waals surface area contributed by atoms with Crippen molar-refractivity contribution in [2.75, 3.05) is 4.90 Å². The molecule has 0 saturated carbocycles. The average molecular weight is 408 g/mol. The number of hydrogen-bond donors (Lipinski definition) is 0. The molecule has 0 saturated heterocycles. The maximum absolute atomic E-state index is 9.19. The summed E-state index contributed by atoms with van der Waals surface area (Å²) in [5, 5.41) is 19.7. The molecule has 0 aliphatic heterocycles. The van der Waals surface area contributed by atoms with E-state index in [1.807, 2.05) is 59.9 Å². The maximum Gasteiger partial charge on any atom is 0.0991 e. The molecule has 0 atom stereocenters. The Labute approximate surface area is 181 Å². The lowest BCUT2D eigenvalue weighted by atomic mass is 10.0. The molecule has 146 valence electrons. The number of nitrogens with zero attached hydrogens (tertiary/aromatic N) is 3. The molecule has 4 heteroatoms. The Morgan fingerprint density at radius 2 is 1.23 bits per heavy atom. The van der Waals surface area contributed by atoms with Gasteiger partial charge in [-0.15, -0.1) is 11.3 Å². The molecule has 1 heterocycles. The van der Waals surface area contributed by atoms with Gasteiger partial charge in [-0.05, 0) is 104 Å². The zero-order chi connectivity index (χ0) is 21.4. The van der Waals surface area contributed by atoms with Crippen LogP contribution in [0.5, 0.6) is 0 Å². The zero-order valence-corrected chi connectivity index (χ0v) is 18.3. The van der Waals surface area contributed by atoms with Crippen LogP contribution < -0.4 is 4.90 Å². The Kier molecular flexibility index (Phi) is 5.04. The second-order valence-corrected chi connectivity index (χ2v) is 8.70. The normalized spacial score (nSPS) is 10.6. The number of thiophene rings is 1. The molecule has 0 spiro atoms. The molecule has 0 aliphatic rings. The van der Waals surface area contributed by atoms with Gasteiger partial charge >= 0.3 is 0 Å². The van der Waals surface area contributed by atoms with Gasteiger partial charge in [0.15, 0.2) is 0 Å². The predicted octanol–water partition coefficient (Wildman–Crippen LogP) is 7.35. The molecule has 0 N–H and O–H groups in total. The summed E-state index contributed by atoms with van der Waals surface area (Å²) in [4.78, 5) is 3.55. The van der Waals surface area contributed by atoms with Crippen molar-refractivity contribution in [3.63, 3.8) is 0 Å². The molecular formula is C26H21N3S. The van der Waals surface area contributed by atoms with Gasteiger partial charge in [-0.1, -0.05) is 0 Å². The van der Waals surface area contributed by atoms with Crippen molar-refractivity contribution in [3.8, 4) is 12.1 Å². The number of rotatable bonds is 3. The minimum Gasteiger partial charge on any atom is -0.310 e. The summed E-state index contributed by atoms with van der Waals surface area (Å²) in [5.74, 6) is 0. The van der Waals surface area contributed by atoms with E-state index < -0.39 is 0 Å². The lowest BCUT2D eigenvalue weighted by Gasteiger charge is -2.28. The van der Waals surface area contributed by atoms with E-state index >= 15 is 0 Å². The van der Waals surface area contributed by atoms with Gasteiger partial charge in [0.1, 0.15) is 0 Å². The highest BCUT2D eigenvalue weighted by molar-refractivity contribution is 7.19. The highest BCUT2D eigenvalue weighted by Crippen LogP contribution is 2.43. The fourth-order valence-corrected chi connectivity index (χ4v) is 5.13. The lowest BCUT2D eigenvalue weighted by Crippen LogP contribution is -2.12. The van der Waals surface area contributed by atoms with Crippen molar-refractivity contribution in [1.82, 2.24) is 0 Å². The maximum atomic E-state index is 9.19.